The van der Waals surface area contributed by atoms with E-state index in [9.17, 15) is 13.2 Å². The highest BCUT2D eigenvalue weighted by Crippen LogP contribution is 2.32. The molecule has 30 heavy (non-hydrogen) atoms. The van der Waals surface area contributed by atoms with Crippen molar-refractivity contribution in [2.75, 3.05) is 30.6 Å². The zero-order valence-electron chi connectivity index (χ0n) is 17.7. The average molecular weight is 435 g/mol. The predicted molar refractivity (Wildman–Crippen MR) is 117 cm³/mol. The summed E-state index contributed by atoms with van der Waals surface area (Å²) in [4.78, 5) is 12.7. The minimum atomic E-state index is -3.97. The quantitative estimate of drug-likeness (QED) is 0.519. The Kier molecular flexibility index (Phi) is 9.14. The highest BCUT2D eigenvalue weighted by Gasteiger charge is 2.29. The van der Waals surface area contributed by atoms with Gasteiger partial charge in [-0.1, -0.05) is 30.3 Å². The Labute approximate surface area is 179 Å². The van der Waals surface area contributed by atoms with Crippen molar-refractivity contribution in [3.8, 4) is 5.75 Å². The summed E-state index contributed by atoms with van der Waals surface area (Å²) in [6, 6.07) is 14.8. The maximum absolute atomic E-state index is 13.3. The first-order valence-electron chi connectivity index (χ1n) is 10.0. The minimum Gasteiger partial charge on any atom is -0.492 e. The molecular formula is C22H30N2O5S. The van der Waals surface area contributed by atoms with Gasteiger partial charge in [0.2, 0.25) is 5.91 Å². The molecule has 2 aromatic carbocycles. The first kappa shape index (κ1) is 23.7. The highest BCUT2D eigenvalue weighted by atomic mass is 32.2. The van der Waals surface area contributed by atoms with E-state index in [1.54, 1.807) is 42.5 Å². The smallest absolute Gasteiger partial charge is 0.264 e. The van der Waals surface area contributed by atoms with Crippen LogP contribution in [0.4, 0.5) is 5.69 Å². The summed E-state index contributed by atoms with van der Waals surface area (Å²) in [5, 5.41) is 2.77. The van der Waals surface area contributed by atoms with Crippen molar-refractivity contribution in [1.82, 2.24) is 5.32 Å². The molecule has 1 amide bonds. The molecule has 0 spiro atoms. The summed E-state index contributed by atoms with van der Waals surface area (Å²) in [7, 11) is -3.97. The summed E-state index contributed by atoms with van der Waals surface area (Å²) in [5.74, 6) is 0.00277. The van der Waals surface area contributed by atoms with E-state index in [0.29, 0.717) is 37.6 Å². The normalized spacial score (nSPS) is 11.3. The number of anilines is 1. The number of para-hydroxylation sites is 2. The van der Waals surface area contributed by atoms with Gasteiger partial charge < -0.3 is 14.8 Å². The van der Waals surface area contributed by atoms with Crippen LogP contribution < -0.4 is 14.4 Å². The molecule has 0 aromatic heterocycles. The number of benzene rings is 2. The average Bonchev–Trinajstić information content (AvgIpc) is 2.73. The molecule has 164 valence electrons. The first-order chi connectivity index (χ1) is 14.4. The van der Waals surface area contributed by atoms with E-state index in [1.807, 2.05) is 20.8 Å². The summed E-state index contributed by atoms with van der Waals surface area (Å²) in [6.45, 7) is 6.65. The van der Waals surface area contributed by atoms with Crippen LogP contribution in [0.5, 0.6) is 5.75 Å². The third kappa shape index (κ3) is 6.74. The van der Waals surface area contributed by atoms with Gasteiger partial charge in [-0.25, -0.2) is 8.42 Å². The van der Waals surface area contributed by atoms with Gasteiger partial charge in [-0.3, -0.25) is 9.10 Å². The maximum Gasteiger partial charge on any atom is 0.264 e. The molecule has 0 heterocycles. The van der Waals surface area contributed by atoms with Crippen LogP contribution >= 0.6 is 0 Å². The highest BCUT2D eigenvalue weighted by molar-refractivity contribution is 7.92. The van der Waals surface area contributed by atoms with Gasteiger partial charge in [0.15, 0.2) is 0 Å². The Morgan fingerprint density at radius 2 is 1.73 bits per heavy atom. The second-order valence-electron chi connectivity index (χ2n) is 6.85. The van der Waals surface area contributed by atoms with E-state index in [-0.39, 0.29) is 17.5 Å². The van der Waals surface area contributed by atoms with Gasteiger partial charge >= 0.3 is 0 Å². The van der Waals surface area contributed by atoms with Crippen molar-refractivity contribution in [2.45, 2.75) is 38.2 Å². The molecule has 7 nitrogen and oxygen atoms in total. The van der Waals surface area contributed by atoms with Crippen molar-refractivity contribution < 1.29 is 22.7 Å². The second kappa shape index (κ2) is 11.6. The largest absolute Gasteiger partial charge is 0.492 e. The Morgan fingerprint density at radius 3 is 2.40 bits per heavy atom. The predicted octanol–water partition coefficient (Wildman–Crippen LogP) is 3.21. The van der Waals surface area contributed by atoms with E-state index in [4.69, 9.17) is 9.47 Å². The van der Waals surface area contributed by atoms with Gasteiger partial charge in [-0.15, -0.1) is 0 Å². The first-order valence-corrected chi connectivity index (χ1v) is 11.5. The molecule has 0 saturated carbocycles. The lowest BCUT2D eigenvalue weighted by Crippen LogP contribution is -2.41. The maximum atomic E-state index is 13.3. The van der Waals surface area contributed by atoms with Crippen LogP contribution in [0.3, 0.4) is 0 Å². The number of ether oxygens (including phenoxy) is 2. The lowest BCUT2D eigenvalue weighted by atomic mass is 10.3. The van der Waals surface area contributed by atoms with E-state index in [0.717, 1.165) is 4.31 Å². The fraction of sp³-hybridized carbons (Fsp3) is 0.409. The number of hydrogen-bond acceptors (Lipinski definition) is 5. The third-order valence-corrected chi connectivity index (χ3v) is 5.92. The van der Waals surface area contributed by atoms with Crippen LogP contribution in [-0.4, -0.2) is 46.7 Å². The minimum absolute atomic E-state index is 0.106. The van der Waals surface area contributed by atoms with Crippen LogP contribution in [0.2, 0.25) is 0 Å². The summed E-state index contributed by atoms with van der Waals surface area (Å²) >= 11 is 0. The van der Waals surface area contributed by atoms with Gasteiger partial charge in [0.05, 0.1) is 23.3 Å². The number of carbonyl (C=O) groups excluding carboxylic acids is 1. The molecule has 2 rings (SSSR count). The number of hydrogen-bond donors (Lipinski definition) is 1. The lowest BCUT2D eigenvalue weighted by molar-refractivity contribution is -0.119. The second-order valence-corrected chi connectivity index (χ2v) is 8.71. The van der Waals surface area contributed by atoms with E-state index < -0.39 is 15.9 Å². The molecule has 0 bridgehead atoms. The topological polar surface area (TPSA) is 84.9 Å². The van der Waals surface area contributed by atoms with Crippen LogP contribution in [0.15, 0.2) is 59.5 Å². The molecule has 0 unspecified atom stereocenters. The number of amides is 1. The van der Waals surface area contributed by atoms with Crippen LogP contribution in [0.1, 0.15) is 27.2 Å². The van der Waals surface area contributed by atoms with Crippen molar-refractivity contribution >= 4 is 21.6 Å². The summed E-state index contributed by atoms with van der Waals surface area (Å²) < 4.78 is 38.8. The van der Waals surface area contributed by atoms with Gasteiger partial charge in [-0.2, -0.15) is 0 Å². The van der Waals surface area contributed by atoms with E-state index in [2.05, 4.69) is 5.32 Å². The molecule has 8 heteroatoms. The SMILES string of the molecule is CCOc1ccccc1N(CC(=O)NCCCOC(C)C)S(=O)(=O)c1ccccc1. The zero-order valence-corrected chi connectivity index (χ0v) is 18.5. The molecule has 0 aliphatic rings. The Morgan fingerprint density at radius 1 is 1.07 bits per heavy atom. The Hall–Kier alpha value is -2.58. The van der Waals surface area contributed by atoms with Crippen LogP contribution in [0, 0.1) is 0 Å². The molecule has 0 atom stereocenters. The Balaban J connectivity index is 2.24. The summed E-state index contributed by atoms with van der Waals surface area (Å²) in [6.07, 6.45) is 0.771. The van der Waals surface area contributed by atoms with Crippen LogP contribution in [-0.2, 0) is 19.6 Å². The third-order valence-electron chi connectivity index (χ3n) is 4.15. The molecule has 0 fully saturated rings. The van der Waals surface area contributed by atoms with Crippen molar-refractivity contribution in [3.63, 3.8) is 0 Å². The van der Waals surface area contributed by atoms with Gasteiger partial charge in [0, 0.05) is 13.2 Å². The van der Waals surface area contributed by atoms with Gasteiger partial charge in [0.25, 0.3) is 10.0 Å². The monoisotopic (exact) mass is 434 g/mol. The number of nitrogens with one attached hydrogen (secondary N) is 1. The number of carbonyl (C=O) groups is 1. The zero-order chi connectivity index (χ0) is 22.0. The summed E-state index contributed by atoms with van der Waals surface area (Å²) in [5.41, 5.74) is 0.321. The number of nitrogens with zero attached hydrogens (tertiary/aromatic N) is 1. The molecule has 0 radical (unpaired) electrons. The fourth-order valence-corrected chi connectivity index (χ4v) is 4.22. The molecular weight excluding hydrogens is 404 g/mol. The lowest BCUT2D eigenvalue weighted by Gasteiger charge is -2.26. The van der Waals surface area contributed by atoms with Gasteiger partial charge in [0.1, 0.15) is 12.3 Å². The molecule has 1 N–H and O–H groups in total. The fourth-order valence-electron chi connectivity index (χ4n) is 2.77. The van der Waals surface area contributed by atoms with Gasteiger partial charge in [-0.05, 0) is 51.5 Å². The van der Waals surface area contributed by atoms with E-state index >= 15 is 0 Å². The van der Waals surface area contributed by atoms with Crippen molar-refractivity contribution in [3.05, 3.63) is 54.6 Å². The van der Waals surface area contributed by atoms with Crippen molar-refractivity contribution in [1.29, 1.82) is 0 Å². The Bertz CT molecular complexity index is 901. The van der Waals surface area contributed by atoms with Crippen molar-refractivity contribution in [2.24, 2.45) is 0 Å². The molecule has 2 aromatic rings. The number of rotatable bonds is 12. The molecule has 0 aliphatic heterocycles. The van der Waals surface area contributed by atoms with Crippen LogP contribution in [0.25, 0.3) is 0 Å². The number of sulfonamides is 1. The molecule has 0 aliphatic carbocycles. The molecule has 0 saturated heterocycles. The standard InChI is InChI=1S/C22H30N2O5S/c1-4-28-21-14-9-8-13-20(21)24(30(26,27)19-11-6-5-7-12-19)17-22(25)23-15-10-16-29-18(2)3/h5-9,11-14,18H,4,10,15-17H2,1-3H3,(H,23,25). The van der Waals surface area contributed by atoms with E-state index in [1.165, 1.54) is 12.1 Å².